The molecule has 1 aliphatic heterocycles. The molecule has 25 heavy (non-hydrogen) atoms. The average molecular weight is 336 g/mol. The third kappa shape index (κ3) is 3.58. The molecule has 2 amide bonds. The van der Waals surface area contributed by atoms with Crippen LogP contribution in [0.3, 0.4) is 0 Å². The standard InChI is InChI=1S/C21H24N2O2/c1-4-16-7-5-6-8-19(16)23-13-17(12-20(23)24)21(25)22-18-10-9-14(2)11-15(18)3/h5-11,17H,4,12-13H2,1-3H3,(H,22,25). The largest absolute Gasteiger partial charge is 0.326 e. The fraction of sp³-hybridized carbons (Fsp3) is 0.333. The number of rotatable bonds is 4. The Kier molecular flexibility index (Phi) is 4.88. The van der Waals surface area contributed by atoms with Crippen LogP contribution >= 0.6 is 0 Å². The number of benzene rings is 2. The van der Waals surface area contributed by atoms with Crippen molar-refractivity contribution >= 4 is 23.2 Å². The maximum absolute atomic E-state index is 12.6. The zero-order valence-electron chi connectivity index (χ0n) is 15.0. The van der Waals surface area contributed by atoms with Gasteiger partial charge in [0.05, 0.1) is 5.92 Å². The topological polar surface area (TPSA) is 49.4 Å². The maximum Gasteiger partial charge on any atom is 0.229 e. The van der Waals surface area contributed by atoms with Crippen LogP contribution in [0.15, 0.2) is 42.5 Å². The van der Waals surface area contributed by atoms with Crippen LogP contribution < -0.4 is 10.2 Å². The minimum Gasteiger partial charge on any atom is -0.326 e. The summed E-state index contributed by atoms with van der Waals surface area (Å²) >= 11 is 0. The minimum atomic E-state index is -0.321. The van der Waals surface area contributed by atoms with Crippen molar-refractivity contribution in [2.24, 2.45) is 5.92 Å². The van der Waals surface area contributed by atoms with Gasteiger partial charge in [0.15, 0.2) is 0 Å². The Morgan fingerprint density at radius 2 is 1.96 bits per heavy atom. The summed E-state index contributed by atoms with van der Waals surface area (Å²) < 4.78 is 0. The normalized spacial score (nSPS) is 17.0. The molecule has 1 fully saturated rings. The first kappa shape index (κ1) is 17.2. The Labute approximate surface area is 148 Å². The quantitative estimate of drug-likeness (QED) is 0.922. The van der Waals surface area contributed by atoms with Gasteiger partial charge in [-0.05, 0) is 43.5 Å². The van der Waals surface area contributed by atoms with E-state index in [1.54, 1.807) is 4.90 Å². The van der Waals surface area contributed by atoms with E-state index in [2.05, 4.69) is 12.2 Å². The van der Waals surface area contributed by atoms with Crippen molar-refractivity contribution in [2.45, 2.75) is 33.6 Å². The highest BCUT2D eigenvalue weighted by molar-refractivity contribution is 6.04. The number of para-hydroxylation sites is 1. The van der Waals surface area contributed by atoms with E-state index in [4.69, 9.17) is 0 Å². The molecule has 0 radical (unpaired) electrons. The van der Waals surface area contributed by atoms with Crippen LogP contribution in [0.4, 0.5) is 11.4 Å². The van der Waals surface area contributed by atoms with Gasteiger partial charge in [0.2, 0.25) is 11.8 Å². The molecule has 1 aliphatic rings. The average Bonchev–Trinajstić information content (AvgIpc) is 2.99. The molecule has 4 nitrogen and oxygen atoms in total. The summed E-state index contributed by atoms with van der Waals surface area (Å²) in [7, 11) is 0. The summed E-state index contributed by atoms with van der Waals surface area (Å²) in [6, 6.07) is 13.8. The Balaban J connectivity index is 1.74. The molecule has 1 unspecified atom stereocenters. The molecule has 0 saturated carbocycles. The number of amides is 2. The van der Waals surface area contributed by atoms with Crippen molar-refractivity contribution < 1.29 is 9.59 Å². The summed E-state index contributed by atoms with van der Waals surface area (Å²) in [5.41, 5.74) is 5.07. The Bertz CT molecular complexity index is 813. The molecule has 1 heterocycles. The molecule has 3 rings (SSSR count). The number of anilines is 2. The third-order valence-corrected chi connectivity index (χ3v) is 4.80. The van der Waals surface area contributed by atoms with Gasteiger partial charge >= 0.3 is 0 Å². The molecule has 4 heteroatoms. The molecule has 1 N–H and O–H groups in total. The number of nitrogens with one attached hydrogen (secondary N) is 1. The van der Waals surface area contributed by atoms with Gasteiger partial charge in [-0.3, -0.25) is 9.59 Å². The summed E-state index contributed by atoms with van der Waals surface area (Å²) in [5.74, 6) is -0.392. The van der Waals surface area contributed by atoms with Crippen LogP contribution in [0, 0.1) is 19.8 Å². The number of hydrogen-bond donors (Lipinski definition) is 1. The highest BCUT2D eigenvalue weighted by Gasteiger charge is 2.35. The van der Waals surface area contributed by atoms with Crippen LogP contribution in [0.5, 0.6) is 0 Å². The van der Waals surface area contributed by atoms with Gasteiger partial charge < -0.3 is 10.2 Å². The van der Waals surface area contributed by atoms with Gasteiger partial charge in [-0.15, -0.1) is 0 Å². The van der Waals surface area contributed by atoms with Crippen LogP contribution in [0.25, 0.3) is 0 Å². The first-order valence-corrected chi connectivity index (χ1v) is 8.76. The summed E-state index contributed by atoms with van der Waals surface area (Å²) in [6.45, 7) is 6.51. The van der Waals surface area contributed by atoms with Gasteiger partial charge in [0.25, 0.3) is 0 Å². The Morgan fingerprint density at radius 1 is 1.20 bits per heavy atom. The van der Waals surface area contributed by atoms with E-state index in [0.717, 1.165) is 34.5 Å². The lowest BCUT2D eigenvalue weighted by atomic mass is 10.1. The molecule has 0 aliphatic carbocycles. The zero-order valence-corrected chi connectivity index (χ0v) is 15.0. The van der Waals surface area contributed by atoms with E-state index in [-0.39, 0.29) is 24.2 Å². The van der Waals surface area contributed by atoms with Crippen molar-refractivity contribution in [3.05, 3.63) is 59.2 Å². The summed E-state index contributed by atoms with van der Waals surface area (Å²) in [5, 5.41) is 2.98. The minimum absolute atomic E-state index is 0.0154. The van der Waals surface area contributed by atoms with Gasteiger partial charge in [-0.25, -0.2) is 0 Å². The van der Waals surface area contributed by atoms with Crippen LogP contribution in [0.1, 0.15) is 30.0 Å². The fourth-order valence-corrected chi connectivity index (χ4v) is 3.38. The Morgan fingerprint density at radius 3 is 2.68 bits per heavy atom. The number of nitrogens with zero attached hydrogens (tertiary/aromatic N) is 1. The lowest BCUT2D eigenvalue weighted by Gasteiger charge is -2.20. The second-order valence-electron chi connectivity index (χ2n) is 6.70. The molecule has 0 bridgehead atoms. The van der Waals surface area contributed by atoms with Crippen LogP contribution in [0.2, 0.25) is 0 Å². The lowest BCUT2D eigenvalue weighted by Crippen LogP contribution is -2.28. The zero-order chi connectivity index (χ0) is 18.0. The monoisotopic (exact) mass is 336 g/mol. The van der Waals surface area contributed by atoms with Gasteiger partial charge in [-0.1, -0.05) is 42.8 Å². The van der Waals surface area contributed by atoms with Crippen molar-refractivity contribution in [3.63, 3.8) is 0 Å². The second-order valence-corrected chi connectivity index (χ2v) is 6.70. The van der Waals surface area contributed by atoms with E-state index >= 15 is 0 Å². The van der Waals surface area contributed by atoms with Crippen molar-refractivity contribution in [2.75, 3.05) is 16.8 Å². The number of carbonyl (C=O) groups excluding carboxylic acids is 2. The van der Waals surface area contributed by atoms with E-state index in [1.165, 1.54) is 0 Å². The molecule has 2 aromatic carbocycles. The van der Waals surface area contributed by atoms with Gasteiger partial charge in [0, 0.05) is 24.3 Å². The molecule has 0 spiro atoms. The van der Waals surface area contributed by atoms with E-state index in [0.29, 0.717) is 6.54 Å². The number of aryl methyl sites for hydroxylation is 3. The first-order valence-electron chi connectivity index (χ1n) is 8.76. The lowest BCUT2D eigenvalue weighted by molar-refractivity contribution is -0.122. The highest BCUT2D eigenvalue weighted by atomic mass is 16.2. The highest BCUT2D eigenvalue weighted by Crippen LogP contribution is 2.29. The van der Waals surface area contributed by atoms with Crippen LogP contribution in [-0.4, -0.2) is 18.4 Å². The van der Waals surface area contributed by atoms with Gasteiger partial charge in [-0.2, -0.15) is 0 Å². The number of carbonyl (C=O) groups is 2. The predicted molar refractivity (Wildman–Crippen MR) is 101 cm³/mol. The number of hydrogen-bond acceptors (Lipinski definition) is 2. The predicted octanol–water partition coefficient (Wildman–Crippen LogP) is 3.86. The molecule has 1 atom stereocenters. The first-order chi connectivity index (χ1) is 12.0. The smallest absolute Gasteiger partial charge is 0.229 e. The van der Waals surface area contributed by atoms with Crippen molar-refractivity contribution in [1.82, 2.24) is 0 Å². The maximum atomic E-state index is 12.6. The molecule has 1 saturated heterocycles. The van der Waals surface area contributed by atoms with Crippen molar-refractivity contribution in [1.29, 1.82) is 0 Å². The molecule has 130 valence electrons. The SMILES string of the molecule is CCc1ccccc1N1CC(C(=O)Nc2ccc(C)cc2C)CC1=O. The second kappa shape index (κ2) is 7.09. The van der Waals surface area contributed by atoms with Gasteiger partial charge in [0.1, 0.15) is 0 Å². The molecular weight excluding hydrogens is 312 g/mol. The van der Waals surface area contributed by atoms with E-state index in [1.807, 2.05) is 56.3 Å². The molecule has 0 aromatic heterocycles. The molecule has 2 aromatic rings. The van der Waals surface area contributed by atoms with Crippen LogP contribution in [-0.2, 0) is 16.0 Å². The third-order valence-electron chi connectivity index (χ3n) is 4.80. The fourth-order valence-electron chi connectivity index (χ4n) is 3.38. The summed E-state index contributed by atoms with van der Waals surface area (Å²) in [6.07, 6.45) is 1.12. The van der Waals surface area contributed by atoms with Crippen molar-refractivity contribution in [3.8, 4) is 0 Å². The van der Waals surface area contributed by atoms with E-state index in [9.17, 15) is 9.59 Å². The summed E-state index contributed by atoms with van der Waals surface area (Å²) in [4.78, 5) is 26.9. The molecular formula is C21H24N2O2. The van der Waals surface area contributed by atoms with E-state index < -0.39 is 0 Å². The Hall–Kier alpha value is -2.62.